The van der Waals surface area contributed by atoms with Gasteiger partial charge >= 0.3 is 5.97 Å². The van der Waals surface area contributed by atoms with Gasteiger partial charge < -0.3 is 15.2 Å². The maximum atomic E-state index is 10.8. The minimum absolute atomic E-state index is 0.256. The highest BCUT2D eigenvalue weighted by atomic mass is 16.5. The zero-order valence-corrected chi connectivity index (χ0v) is 10.6. The molecule has 18 heavy (non-hydrogen) atoms. The Hall–Kier alpha value is -1.55. The fraction of sp³-hybridized carbons (Fsp3) is 0.500. The maximum Gasteiger partial charge on any atom is 0.335 e. The molecule has 0 spiro atoms. The molecule has 4 nitrogen and oxygen atoms in total. The Labute approximate surface area is 107 Å². The van der Waals surface area contributed by atoms with Crippen molar-refractivity contribution in [3.8, 4) is 5.75 Å². The number of hydrogen-bond donors (Lipinski definition) is 2. The molecule has 0 radical (unpaired) electrons. The second-order valence-electron chi connectivity index (χ2n) is 4.76. The van der Waals surface area contributed by atoms with Crippen LogP contribution in [0.1, 0.15) is 30.1 Å². The van der Waals surface area contributed by atoms with E-state index in [9.17, 15) is 4.79 Å². The Morgan fingerprint density at radius 2 is 2.33 bits per heavy atom. The van der Waals surface area contributed by atoms with E-state index in [0.717, 1.165) is 12.5 Å². The smallest absolute Gasteiger partial charge is 0.335 e. The van der Waals surface area contributed by atoms with Gasteiger partial charge in [-0.3, -0.25) is 0 Å². The van der Waals surface area contributed by atoms with Gasteiger partial charge in [-0.2, -0.15) is 0 Å². The van der Waals surface area contributed by atoms with Gasteiger partial charge in [-0.05, 0) is 43.9 Å². The molecule has 0 saturated heterocycles. The molecule has 0 heterocycles. The molecular weight excluding hydrogens is 230 g/mol. The highest BCUT2D eigenvalue weighted by Gasteiger charge is 2.27. The highest BCUT2D eigenvalue weighted by molar-refractivity contribution is 5.87. The molecule has 2 rings (SSSR count). The minimum atomic E-state index is -0.930. The molecule has 0 bridgehead atoms. The van der Waals surface area contributed by atoms with Gasteiger partial charge in [0.25, 0.3) is 0 Å². The van der Waals surface area contributed by atoms with Crippen molar-refractivity contribution in [2.45, 2.75) is 25.8 Å². The third kappa shape index (κ3) is 3.74. The number of ether oxygens (including phenoxy) is 1. The summed E-state index contributed by atoms with van der Waals surface area (Å²) in [4.78, 5) is 10.8. The van der Waals surface area contributed by atoms with E-state index in [2.05, 4.69) is 12.2 Å². The summed E-state index contributed by atoms with van der Waals surface area (Å²) in [5.41, 5.74) is 0.256. The first-order valence-corrected chi connectivity index (χ1v) is 6.36. The van der Waals surface area contributed by atoms with E-state index in [1.54, 1.807) is 24.3 Å². The van der Waals surface area contributed by atoms with Gasteiger partial charge in [0.1, 0.15) is 12.4 Å². The third-order valence-corrected chi connectivity index (χ3v) is 3.25. The molecule has 4 heteroatoms. The van der Waals surface area contributed by atoms with E-state index in [4.69, 9.17) is 9.84 Å². The van der Waals surface area contributed by atoms with Gasteiger partial charge in [-0.1, -0.05) is 6.07 Å². The monoisotopic (exact) mass is 249 g/mol. The van der Waals surface area contributed by atoms with Crippen molar-refractivity contribution in [1.82, 2.24) is 5.32 Å². The molecule has 0 aromatic heterocycles. The van der Waals surface area contributed by atoms with Crippen molar-refractivity contribution >= 4 is 5.97 Å². The summed E-state index contributed by atoms with van der Waals surface area (Å²) < 4.78 is 5.52. The summed E-state index contributed by atoms with van der Waals surface area (Å²) in [7, 11) is 0. The second-order valence-corrected chi connectivity index (χ2v) is 4.76. The number of carbonyl (C=O) groups is 1. The maximum absolute atomic E-state index is 10.8. The van der Waals surface area contributed by atoms with Gasteiger partial charge in [0.2, 0.25) is 0 Å². The molecule has 1 aromatic rings. The molecule has 98 valence electrons. The Morgan fingerprint density at radius 3 is 3.00 bits per heavy atom. The lowest BCUT2D eigenvalue weighted by Crippen LogP contribution is -2.31. The first-order valence-electron chi connectivity index (χ1n) is 6.36. The summed E-state index contributed by atoms with van der Waals surface area (Å²) in [5.74, 6) is 0.511. The number of aromatic carboxylic acids is 1. The van der Waals surface area contributed by atoms with Crippen LogP contribution in [0.2, 0.25) is 0 Å². The number of carboxylic acid groups (broad SMARTS) is 1. The zero-order chi connectivity index (χ0) is 13.0. The predicted octanol–water partition coefficient (Wildman–Crippen LogP) is 2.15. The van der Waals surface area contributed by atoms with E-state index in [-0.39, 0.29) is 5.56 Å². The van der Waals surface area contributed by atoms with Gasteiger partial charge in [-0.15, -0.1) is 0 Å². The number of carboxylic acids is 1. The number of rotatable bonds is 7. The fourth-order valence-electron chi connectivity index (χ4n) is 1.94. The van der Waals surface area contributed by atoms with Crippen LogP contribution < -0.4 is 10.1 Å². The van der Waals surface area contributed by atoms with Gasteiger partial charge in [0, 0.05) is 12.6 Å². The van der Waals surface area contributed by atoms with Gasteiger partial charge in [0.15, 0.2) is 0 Å². The van der Waals surface area contributed by atoms with E-state index < -0.39 is 5.97 Å². The Bertz CT molecular complexity index is 415. The summed E-state index contributed by atoms with van der Waals surface area (Å²) in [6.45, 7) is 3.54. The average molecular weight is 249 g/mol. The largest absolute Gasteiger partial charge is 0.492 e. The molecule has 1 unspecified atom stereocenters. The van der Waals surface area contributed by atoms with E-state index in [1.165, 1.54) is 12.8 Å². The molecule has 1 aliphatic rings. The first kappa shape index (κ1) is 12.9. The van der Waals surface area contributed by atoms with E-state index >= 15 is 0 Å². The van der Waals surface area contributed by atoms with Crippen LogP contribution in [0.15, 0.2) is 24.3 Å². The second kappa shape index (κ2) is 5.87. The molecule has 2 N–H and O–H groups in total. The van der Waals surface area contributed by atoms with Gasteiger partial charge in [-0.25, -0.2) is 4.79 Å². The van der Waals surface area contributed by atoms with Crippen LogP contribution in [-0.2, 0) is 0 Å². The Balaban J connectivity index is 1.72. The van der Waals surface area contributed by atoms with Crippen LogP contribution in [0.5, 0.6) is 5.75 Å². The van der Waals surface area contributed by atoms with E-state index in [0.29, 0.717) is 18.4 Å². The van der Waals surface area contributed by atoms with Crippen LogP contribution in [0.25, 0.3) is 0 Å². The van der Waals surface area contributed by atoms with Crippen molar-refractivity contribution in [3.05, 3.63) is 29.8 Å². The van der Waals surface area contributed by atoms with Crippen molar-refractivity contribution in [1.29, 1.82) is 0 Å². The van der Waals surface area contributed by atoms with Crippen LogP contribution in [-0.4, -0.2) is 30.3 Å². The van der Waals surface area contributed by atoms with Crippen molar-refractivity contribution in [2.75, 3.05) is 13.2 Å². The summed E-state index contributed by atoms with van der Waals surface area (Å²) in [6, 6.07) is 7.13. The highest BCUT2D eigenvalue weighted by Crippen LogP contribution is 2.32. The quantitative estimate of drug-likeness (QED) is 0.727. The molecule has 0 amide bonds. The summed E-state index contributed by atoms with van der Waals surface area (Å²) in [6.07, 6.45) is 2.66. The lowest BCUT2D eigenvalue weighted by molar-refractivity contribution is 0.0696. The van der Waals surface area contributed by atoms with Gasteiger partial charge in [0.05, 0.1) is 5.56 Å². The van der Waals surface area contributed by atoms with Crippen molar-refractivity contribution in [2.24, 2.45) is 5.92 Å². The fourth-order valence-corrected chi connectivity index (χ4v) is 1.94. The molecule has 1 saturated carbocycles. The molecular formula is C14H19NO3. The number of hydrogen-bond acceptors (Lipinski definition) is 3. The van der Waals surface area contributed by atoms with Crippen LogP contribution >= 0.6 is 0 Å². The topological polar surface area (TPSA) is 58.6 Å². The molecule has 1 atom stereocenters. The molecule has 1 aliphatic carbocycles. The SMILES string of the molecule is CC(NCCOc1cccc(C(=O)O)c1)C1CC1. The van der Waals surface area contributed by atoms with Crippen molar-refractivity contribution in [3.63, 3.8) is 0 Å². The molecule has 1 fully saturated rings. The van der Waals surface area contributed by atoms with E-state index in [1.807, 2.05) is 0 Å². The minimum Gasteiger partial charge on any atom is -0.492 e. The third-order valence-electron chi connectivity index (χ3n) is 3.25. The summed E-state index contributed by atoms with van der Waals surface area (Å²) >= 11 is 0. The first-order chi connectivity index (χ1) is 8.66. The standard InChI is InChI=1S/C14H19NO3/c1-10(11-5-6-11)15-7-8-18-13-4-2-3-12(9-13)14(16)17/h2-4,9-11,15H,5-8H2,1H3,(H,16,17). The molecule has 0 aliphatic heterocycles. The average Bonchev–Trinajstić information content (AvgIpc) is 3.19. The lowest BCUT2D eigenvalue weighted by atomic mass is 10.2. The zero-order valence-electron chi connectivity index (χ0n) is 10.6. The summed E-state index contributed by atoms with van der Waals surface area (Å²) in [5, 5.41) is 12.3. The normalized spacial score (nSPS) is 16.3. The predicted molar refractivity (Wildman–Crippen MR) is 69.1 cm³/mol. The number of benzene rings is 1. The number of nitrogens with one attached hydrogen (secondary N) is 1. The Morgan fingerprint density at radius 1 is 1.56 bits per heavy atom. The van der Waals surface area contributed by atoms with Crippen molar-refractivity contribution < 1.29 is 14.6 Å². The molecule has 1 aromatic carbocycles. The Kier molecular flexibility index (Phi) is 4.20. The lowest BCUT2D eigenvalue weighted by Gasteiger charge is -2.13. The van der Waals surface area contributed by atoms with Crippen LogP contribution in [0.4, 0.5) is 0 Å². The van der Waals surface area contributed by atoms with Crippen LogP contribution in [0.3, 0.4) is 0 Å². The van der Waals surface area contributed by atoms with Crippen LogP contribution in [0, 0.1) is 5.92 Å².